The van der Waals surface area contributed by atoms with Crippen LogP contribution in [-0.4, -0.2) is 40.3 Å². The molecule has 26 heavy (non-hydrogen) atoms. The molecule has 3 rings (SSSR count). The summed E-state index contributed by atoms with van der Waals surface area (Å²) in [5.74, 6) is 0. The minimum absolute atomic E-state index is 0.485. The first-order valence-electron chi connectivity index (χ1n) is 8.52. The van der Waals surface area contributed by atoms with Crippen LogP contribution in [0.4, 0.5) is 0 Å². The number of hydrogen-bond acceptors (Lipinski definition) is 2. The third-order valence-corrected chi connectivity index (χ3v) is 5.41. The number of hydrogen-bond donors (Lipinski definition) is 1. The molecular formula is C21H22Br2N2O. The van der Waals surface area contributed by atoms with Crippen molar-refractivity contribution in [3.05, 3.63) is 70.7 Å². The van der Waals surface area contributed by atoms with Crippen molar-refractivity contribution in [1.29, 1.82) is 0 Å². The molecule has 0 aliphatic rings. The molecule has 0 radical (unpaired) electrons. The van der Waals surface area contributed by atoms with E-state index < -0.39 is 6.10 Å². The maximum atomic E-state index is 10.7. The molecule has 3 nitrogen and oxygen atoms in total. The van der Waals surface area contributed by atoms with Gasteiger partial charge < -0.3 is 9.67 Å². The Hall–Kier alpha value is -1.40. The summed E-state index contributed by atoms with van der Waals surface area (Å²) >= 11 is 7.14. The van der Waals surface area contributed by atoms with Crippen LogP contribution in [-0.2, 0) is 6.54 Å². The summed E-state index contributed by atoms with van der Waals surface area (Å²) in [6.07, 6.45) is 3.22. The van der Waals surface area contributed by atoms with E-state index in [1.807, 2.05) is 24.3 Å². The summed E-state index contributed by atoms with van der Waals surface area (Å²) in [5.41, 5.74) is 2.25. The van der Waals surface area contributed by atoms with Gasteiger partial charge in [-0.2, -0.15) is 0 Å². The summed E-state index contributed by atoms with van der Waals surface area (Å²) < 4.78 is 4.30. The molecule has 0 fully saturated rings. The fourth-order valence-electron chi connectivity index (χ4n) is 3.40. The molecule has 0 saturated heterocycles. The molecule has 3 aromatic rings. The number of rotatable bonds is 8. The lowest BCUT2D eigenvalue weighted by molar-refractivity contribution is 0.111. The molecule has 0 aliphatic carbocycles. The number of fused-ring (bicyclic) bond motifs is 3. The maximum absolute atomic E-state index is 10.7. The van der Waals surface area contributed by atoms with Gasteiger partial charge in [-0.1, -0.05) is 44.0 Å². The first-order valence-corrected chi connectivity index (χ1v) is 10.1. The van der Waals surface area contributed by atoms with Crippen molar-refractivity contribution in [1.82, 2.24) is 9.47 Å². The molecule has 0 spiro atoms. The molecule has 1 heterocycles. The smallest absolute Gasteiger partial charge is 0.0846 e. The van der Waals surface area contributed by atoms with Gasteiger partial charge in [0.05, 0.1) is 12.6 Å². The van der Waals surface area contributed by atoms with Crippen LogP contribution in [0.2, 0.25) is 0 Å². The van der Waals surface area contributed by atoms with E-state index in [0.29, 0.717) is 13.1 Å². The fraction of sp³-hybridized carbons (Fsp3) is 0.238. The molecule has 136 valence electrons. The molecule has 1 atom stereocenters. The highest BCUT2D eigenvalue weighted by atomic mass is 79.9. The number of aliphatic hydroxyl groups excluding tert-OH is 1. The second-order valence-electron chi connectivity index (χ2n) is 6.38. The maximum Gasteiger partial charge on any atom is 0.0846 e. The summed E-state index contributed by atoms with van der Waals surface area (Å²) in [4.78, 5) is 2.13. The zero-order valence-corrected chi connectivity index (χ0v) is 17.7. The van der Waals surface area contributed by atoms with Gasteiger partial charge in [0.25, 0.3) is 0 Å². The predicted octanol–water partition coefficient (Wildman–Crippen LogP) is 5.35. The normalized spacial score (nSPS) is 12.8. The summed E-state index contributed by atoms with van der Waals surface area (Å²) in [7, 11) is 0. The zero-order chi connectivity index (χ0) is 18.7. The van der Waals surface area contributed by atoms with Gasteiger partial charge in [-0.05, 0) is 36.4 Å². The molecule has 0 amide bonds. The van der Waals surface area contributed by atoms with Crippen molar-refractivity contribution >= 4 is 53.7 Å². The van der Waals surface area contributed by atoms with Crippen LogP contribution >= 0.6 is 31.9 Å². The van der Waals surface area contributed by atoms with Crippen molar-refractivity contribution in [2.75, 3.05) is 19.6 Å². The van der Waals surface area contributed by atoms with Crippen LogP contribution in [0.25, 0.3) is 21.8 Å². The van der Waals surface area contributed by atoms with Crippen LogP contribution in [0, 0.1) is 0 Å². The van der Waals surface area contributed by atoms with Gasteiger partial charge in [-0.25, -0.2) is 0 Å². The highest BCUT2D eigenvalue weighted by Gasteiger charge is 2.16. The molecule has 1 unspecified atom stereocenters. The highest BCUT2D eigenvalue weighted by molar-refractivity contribution is 9.10. The molecule has 0 aliphatic heterocycles. The van der Waals surface area contributed by atoms with E-state index in [0.717, 1.165) is 33.1 Å². The monoisotopic (exact) mass is 476 g/mol. The van der Waals surface area contributed by atoms with Gasteiger partial charge in [-0.15, -0.1) is 13.2 Å². The molecule has 0 saturated carbocycles. The minimum atomic E-state index is -0.485. The topological polar surface area (TPSA) is 28.4 Å². The predicted molar refractivity (Wildman–Crippen MR) is 118 cm³/mol. The quantitative estimate of drug-likeness (QED) is 0.442. The number of nitrogens with zero attached hydrogens (tertiary/aromatic N) is 2. The van der Waals surface area contributed by atoms with E-state index in [1.165, 1.54) is 10.8 Å². The average molecular weight is 478 g/mol. The van der Waals surface area contributed by atoms with Crippen LogP contribution in [0.3, 0.4) is 0 Å². The first-order chi connectivity index (χ1) is 12.5. The van der Waals surface area contributed by atoms with Crippen LogP contribution < -0.4 is 0 Å². The molecular weight excluding hydrogens is 456 g/mol. The second-order valence-corrected chi connectivity index (χ2v) is 8.21. The SMILES string of the molecule is C=CCN(CC=C)CC(O)Cn1c2ccc(Br)cc2c2cc(Br)ccc21. The molecule has 1 aromatic heterocycles. The zero-order valence-electron chi connectivity index (χ0n) is 14.5. The van der Waals surface area contributed by atoms with Crippen molar-refractivity contribution in [2.45, 2.75) is 12.6 Å². The number of aromatic nitrogens is 1. The Morgan fingerprint density at radius 1 is 0.962 bits per heavy atom. The van der Waals surface area contributed by atoms with Crippen molar-refractivity contribution < 1.29 is 5.11 Å². The van der Waals surface area contributed by atoms with Gasteiger partial charge in [0.1, 0.15) is 0 Å². The third-order valence-electron chi connectivity index (χ3n) is 4.43. The van der Waals surface area contributed by atoms with E-state index in [2.05, 4.69) is 78.8 Å². The Morgan fingerprint density at radius 3 is 1.92 bits per heavy atom. The standard InChI is InChI=1S/C21H22Br2N2O/c1-3-9-24(10-4-2)13-17(26)14-25-20-7-5-15(22)11-18(20)19-12-16(23)6-8-21(19)25/h3-8,11-12,17,26H,1-2,9-10,13-14H2. The van der Waals surface area contributed by atoms with Crippen molar-refractivity contribution in [2.24, 2.45) is 0 Å². The van der Waals surface area contributed by atoms with Gasteiger partial charge in [0, 0.05) is 50.4 Å². The van der Waals surface area contributed by atoms with Crippen molar-refractivity contribution in [3.8, 4) is 0 Å². The lowest BCUT2D eigenvalue weighted by atomic mass is 10.2. The van der Waals surface area contributed by atoms with E-state index in [4.69, 9.17) is 0 Å². The van der Waals surface area contributed by atoms with E-state index in [-0.39, 0.29) is 0 Å². The minimum Gasteiger partial charge on any atom is -0.390 e. The van der Waals surface area contributed by atoms with Crippen LogP contribution in [0.15, 0.2) is 70.7 Å². The van der Waals surface area contributed by atoms with Crippen LogP contribution in [0.1, 0.15) is 0 Å². The molecule has 1 N–H and O–H groups in total. The van der Waals surface area contributed by atoms with E-state index in [9.17, 15) is 5.11 Å². The van der Waals surface area contributed by atoms with Crippen LogP contribution in [0.5, 0.6) is 0 Å². The average Bonchev–Trinajstić information content (AvgIpc) is 2.88. The van der Waals surface area contributed by atoms with Gasteiger partial charge in [0.2, 0.25) is 0 Å². The van der Waals surface area contributed by atoms with E-state index in [1.54, 1.807) is 0 Å². The van der Waals surface area contributed by atoms with Gasteiger partial charge >= 0.3 is 0 Å². The largest absolute Gasteiger partial charge is 0.390 e. The lowest BCUT2D eigenvalue weighted by Crippen LogP contribution is -2.35. The Balaban J connectivity index is 1.98. The summed E-state index contributed by atoms with van der Waals surface area (Å²) in [6.45, 7) is 10.2. The van der Waals surface area contributed by atoms with E-state index >= 15 is 0 Å². The number of aliphatic hydroxyl groups is 1. The third kappa shape index (κ3) is 4.12. The lowest BCUT2D eigenvalue weighted by Gasteiger charge is -2.23. The summed E-state index contributed by atoms with van der Waals surface area (Å²) in [6, 6.07) is 12.6. The van der Waals surface area contributed by atoms with Gasteiger partial charge in [-0.3, -0.25) is 4.90 Å². The molecule has 5 heteroatoms. The Labute approximate surface area is 170 Å². The Bertz CT molecular complexity index is 879. The summed E-state index contributed by atoms with van der Waals surface area (Å²) in [5, 5.41) is 13.1. The first kappa shape index (κ1) is 19.4. The van der Waals surface area contributed by atoms with Crippen molar-refractivity contribution in [3.63, 3.8) is 0 Å². The molecule has 2 aromatic carbocycles. The second kappa shape index (κ2) is 8.53. The number of benzene rings is 2. The van der Waals surface area contributed by atoms with Gasteiger partial charge in [0.15, 0.2) is 0 Å². The number of halogens is 2. The molecule has 0 bridgehead atoms. The Kier molecular flexibility index (Phi) is 6.35. The highest BCUT2D eigenvalue weighted by Crippen LogP contribution is 2.33. The fourth-order valence-corrected chi connectivity index (χ4v) is 4.12. The Morgan fingerprint density at radius 2 is 1.46 bits per heavy atom.